The largest absolute Gasteiger partial charge is 0.450 e. The number of aromatic nitrogens is 3. The molecule has 0 saturated carbocycles. The van der Waals surface area contributed by atoms with Crippen molar-refractivity contribution in [3.8, 4) is 28.4 Å². The molecule has 0 spiro atoms. The van der Waals surface area contributed by atoms with Crippen LogP contribution in [0.1, 0.15) is 50.1 Å². The van der Waals surface area contributed by atoms with Gasteiger partial charge in [-0.25, -0.2) is 9.97 Å². The molecule has 4 aromatic carbocycles. The summed E-state index contributed by atoms with van der Waals surface area (Å²) in [5.41, 5.74) is 17.0. The number of hydrogen-bond acceptors (Lipinski definition) is 3. The average Bonchev–Trinajstić information content (AvgIpc) is 3.61. The van der Waals surface area contributed by atoms with Gasteiger partial charge in [-0.15, -0.1) is 0 Å². The highest BCUT2D eigenvalue weighted by atomic mass is 16.3. The number of rotatable bonds is 6. The summed E-state index contributed by atoms with van der Waals surface area (Å²) in [4.78, 5) is 9.74. The summed E-state index contributed by atoms with van der Waals surface area (Å²) in [6, 6.07) is 21.9. The lowest BCUT2D eigenvalue weighted by Crippen LogP contribution is -2.56. The fraction of sp³-hybridized carbons (Fsp3) is 0.231. The first-order valence-electron chi connectivity index (χ1n) is 15.4. The molecule has 0 amide bonds. The molecule has 0 unspecified atom stereocenters. The van der Waals surface area contributed by atoms with Crippen molar-refractivity contribution in [3.05, 3.63) is 129 Å². The second-order valence-electron chi connectivity index (χ2n) is 12.6. The van der Waals surface area contributed by atoms with Gasteiger partial charge in [0.05, 0.1) is 11.9 Å². The smallest absolute Gasteiger partial charge is 0.314 e. The highest BCUT2D eigenvalue weighted by Crippen LogP contribution is 2.30. The first-order valence-corrected chi connectivity index (χ1v) is 15.4. The fourth-order valence-electron chi connectivity index (χ4n) is 7.30. The molecular weight excluding hydrogens is 537 g/mol. The molecule has 0 bridgehead atoms. The normalized spacial score (nSPS) is 11.3. The number of oxazole rings is 1. The van der Waals surface area contributed by atoms with E-state index in [9.17, 15) is 0 Å². The Kier molecular flexibility index (Phi) is 7.67. The lowest BCUT2D eigenvalue weighted by atomic mass is 9.37. The molecule has 0 N–H and O–H groups in total. The van der Waals surface area contributed by atoms with Crippen molar-refractivity contribution in [2.24, 2.45) is 0 Å². The molecule has 0 aliphatic carbocycles. The van der Waals surface area contributed by atoms with Crippen LogP contribution in [-0.4, -0.2) is 21.2 Å². The van der Waals surface area contributed by atoms with Crippen LogP contribution in [0.5, 0.6) is 0 Å². The Hall–Kier alpha value is -4.64. The van der Waals surface area contributed by atoms with E-state index in [0.29, 0.717) is 5.79 Å². The number of hydrogen-bond donors (Lipinski definition) is 0. The van der Waals surface area contributed by atoms with E-state index in [2.05, 4.69) is 128 Å². The second kappa shape index (κ2) is 11.5. The maximum absolute atomic E-state index is 6.72. The topological polar surface area (TPSA) is 43.9 Å². The predicted octanol–water partition coefficient (Wildman–Crippen LogP) is 7.49. The molecule has 6 aromatic rings. The first-order chi connectivity index (χ1) is 21.0. The monoisotopic (exact) mass is 577 g/mol. The van der Waals surface area contributed by atoms with Gasteiger partial charge in [-0.2, -0.15) is 0 Å². The van der Waals surface area contributed by atoms with E-state index in [1.54, 1.807) is 0 Å². The van der Waals surface area contributed by atoms with Crippen molar-refractivity contribution in [1.82, 2.24) is 14.5 Å². The van der Waals surface area contributed by atoms with Crippen molar-refractivity contribution in [1.29, 1.82) is 0 Å². The molecule has 6 rings (SSSR count). The van der Waals surface area contributed by atoms with Gasteiger partial charge in [-0.05, 0) is 79.5 Å². The summed E-state index contributed by atoms with van der Waals surface area (Å²) in [6.07, 6.45) is 5.79. The van der Waals surface area contributed by atoms with Gasteiger partial charge in [0, 0.05) is 23.5 Å². The van der Waals surface area contributed by atoms with E-state index in [4.69, 9.17) is 14.4 Å². The summed E-state index contributed by atoms with van der Waals surface area (Å²) in [7, 11) is 0. The minimum Gasteiger partial charge on any atom is -0.450 e. The van der Waals surface area contributed by atoms with Crippen molar-refractivity contribution >= 4 is 23.4 Å². The number of aryl methyl sites for hydroxylation is 9. The van der Waals surface area contributed by atoms with Gasteiger partial charge in [-0.3, -0.25) is 4.57 Å². The summed E-state index contributed by atoms with van der Waals surface area (Å²) in [5.74, 6) is 2.36. The molecule has 0 saturated heterocycles. The van der Waals surface area contributed by atoms with Crippen LogP contribution in [0.3, 0.4) is 0 Å². The van der Waals surface area contributed by atoms with E-state index in [-0.39, 0.29) is 6.71 Å². The van der Waals surface area contributed by atoms with E-state index < -0.39 is 0 Å². The van der Waals surface area contributed by atoms with E-state index in [1.807, 2.05) is 18.6 Å². The summed E-state index contributed by atoms with van der Waals surface area (Å²) in [5, 5.41) is 0. The van der Waals surface area contributed by atoms with E-state index >= 15 is 0 Å². The van der Waals surface area contributed by atoms with Gasteiger partial charge < -0.3 is 4.42 Å². The SMILES string of the molecule is Cc1cc(C)c(B(c2ncc(-c3cccc(-c4nccn4-c4c(C)cc(C)cc4C)c3)o2)c2c(C)cc(C)cc2C)c(C)c1. The predicted molar refractivity (Wildman–Crippen MR) is 185 cm³/mol. The van der Waals surface area contributed by atoms with Gasteiger partial charge in [0.25, 0.3) is 0 Å². The third kappa shape index (κ3) is 5.32. The Morgan fingerprint density at radius 3 is 1.64 bits per heavy atom. The number of imidazole rings is 1. The number of benzene rings is 4. The molecule has 2 heterocycles. The highest BCUT2D eigenvalue weighted by Gasteiger charge is 2.33. The van der Waals surface area contributed by atoms with Crippen molar-refractivity contribution in [3.63, 3.8) is 0 Å². The summed E-state index contributed by atoms with van der Waals surface area (Å²) in [6.45, 7) is 19.5. The van der Waals surface area contributed by atoms with Crippen LogP contribution >= 0.6 is 0 Å². The standard InChI is InChI=1S/C39H40BN3O/c1-23-15-26(4)35(27(5)16-23)40(36-28(6)17-24(2)18-29(36)7)39-42-22-34(44-39)32-11-10-12-33(21-32)38-41-13-14-43(38)37-30(8)19-25(3)20-31(37)9/h10-22H,1-9H3. The Morgan fingerprint density at radius 2 is 1.09 bits per heavy atom. The zero-order valence-corrected chi connectivity index (χ0v) is 27.3. The quantitative estimate of drug-likeness (QED) is 0.193. The van der Waals surface area contributed by atoms with Crippen molar-refractivity contribution in [2.75, 3.05) is 0 Å². The third-order valence-corrected chi connectivity index (χ3v) is 8.75. The van der Waals surface area contributed by atoms with E-state index in [1.165, 1.54) is 66.7 Å². The van der Waals surface area contributed by atoms with Crippen LogP contribution in [-0.2, 0) is 0 Å². The number of nitrogens with zero attached hydrogens (tertiary/aromatic N) is 3. The molecule has 2 aromatic heterocycles. The first kappa shape index (κ1) is 29.4. The van der Waals surface area contributed by atoms with Gasteiger partial charge in [-0.1, -0.05) is 104 Å². The van der Waals surface area contributed by atoms with E-state index in [0.717, 1.165) is 22.7 Å². The molecule has 0 fully saturated rings. The van der Waals surface area contributed by atoms with Gasteiger partial charge in [0.2, 0.25) is 0 Å². The average molecular weight is 578 g/mol. The van der Waals surface area contributed by atoms with Crippen LogP contribution in [0.15, 0.2) is 83.7 Å². The van der Waals surface area contributed by atoms with Gasteiger partial charge in [0.15, 0.2) is 11.6 Å². The zero-order chi connectivity index (χ0) is 31.3. The maximum atomic E-state index is 6.72. The lowest BCUT2D eigenvalue weighted by Gasteiger charge is -2.21. The maximum Gasteiger partial charge on any atom is 0.314 e. The third-order valence-electron chi connectivity index (χ3n) is 8.75. The zero-order valence-electron chi connectivity index (χ0n) is 27.3. The molecule has 0 atom stereocenters. The fourth-order valence-corrected chi connectivity index (χ4v) is 7.30. The van der Waals surface area contributed by atoms with Crippen molar-refractivity contribution in [2.45, 2.75) is 62.3 Å². The molecule has 0 aliphatic rings. The Balaban J connectivity index is 1.46. The summed E-state index contributed by atoms with van der Waals surface area (Å²) >= 11 is 0. The molecular formula is C39H40BN3O. The second-order valence-corrected chi connectivity index (χ2v) is 12.6. The minimum atomic E-state index is -0.112. The van der Waals surface area contributed by atoms with Crippen LogP contribution < -0.4 is 16.7 Å². The molecule has 5 heteroatoms. The molecule has 4 nitrogen and oxygen atoms in total. The van der Waals surface area contributed by atoms with Crippen LogP contribution in [0.2, 0.25) is 0 Å². The highest BCUT2D eigenvalue weighted by molar-refractivity contribution is 6.95. The Bertz CT molecular complexity index is 1900. The molecule has 44 heavy (non-hydrogen) atoms. The molecule has 0 aliphatic heterocycles. The molecule has 0 radical (unpaired) electrons. The van der Waals surface area contributed by atoms with Crippen LogP contribution in [0, 0.1) is 62.3 Å². The van der Waals surface area contributed by atoms with Gasteiger partial charge >= 0.3 is 6.71 Å². The van der Waals surface area contributed by atoms with Crippen LogP contribution in [0.25, 0.3) is 28.4 Å². The van der Waals surface area contributed by atoms with Crippen molar-refractivity contribution < 1.29 is 4.42 Å². The lowest BCUT2D eigenvalue weighted by molar-refractivity contribution is 0.609. The Labute approximate surface area is 261 Å². The molecule has 220 valence electrons. The minimum absolute atomic E-state index is 0.112. The van der Waals surface area contributed by atoms with Crippen LogP contribution in [0.4, 0.5) is 0 Å². The van der Waals surface area contributed by atoms with Gasteiger partial charge in [0.1, 0.15) is 5.82 Å². The summed E-state index contributed by atoms with van der Waals surface area (Å²) < 4.78 is 8.91. The Morgan fingerprint density at radius 1 is 0.591 bits per heavy atom.